The Morgan fingerprint density at radius 3 is 2.89 bits per heavy atom. The molecule has 2 heterocycles. The van der Waals surface area contributed by atoms with Crippen LogP contribution < -0.4 is 5.32 Å². The highest BCUT2D eigenvalue weighted by atomic mass is 16.2. The maximum atomic E-state index is 12.2. The van der Waals surface area contributed by atoms with Crippen LogP contribution in [0.1, 0.15) is 36.5 Å². The minimum Gasteiger partial charge on any atom is -0.338 e. The largest absolute Gasteiger partial charge is 0.338 e. The van der Waals surface area contributed by atoms with E-state index in [1.54, 1.807) is 12.4 Å². The van der Waals surface area contributed by atoms with Crippen molar-refractivity contribution in [2.24, 2.45) is 0 Å². The molecular weight excluding hydrogens is 226 g/mol. The van der Waals surface area contributed by atoms with Crippen molar-refractivity contribution in [3.63, 3.8) is 0 Å². The number of likely N-dealkylation sites (tertiary alicyclic amines) is 1. The second-order valence-corrected chi connectivity index (χ2v) is 4.76. The lowest BCUT2D eigenvalue weighted by Gasteiger charge is -2.32. The van der Waals surface area contributed by atoms with Gasteiger partial charge < -0.3 is 10.2 Å². The van der Waals surface area contributed by atoms with E-state index in [4.69, 9.17) is 0 Å². The maximum absolute atomic E-state index is 12.2. The van der Waals surface area contributed by atoms with Gasteiger partial charge in [-0.2, -0.15) is 0 Å². The highest BCUT2D eigenvalue weighted by molar-refractivity contribution is 5.93. The van der Waals surface area contributed by atoms with Crippen LogP contribution in [0.4, 0.5) is 0 Å². The van der Waals surface area contributed by atoms with Gasteiger partial charge in [-0.1, -0.05) is 6.92 Å². The number of carbonyl (C=O) groups excluding carboxylic acids is 1. The topological polar surface area (TPSA) is 45.2 Å². The first-order chi connectivity index (χ1) is 8.81. The number of piperidine rings is 1. The van der Waals surface area contributed by atoms with Crippen LogP contribution in [0.5, 0.6) is 0 Å². The Labute approximate surface area is 108 Å². The first-order valence-corrected chi connectivity index (χ1v) is 6.74. The van der Waals surface area contributed by atoms with E-state index >= 15 is 0 Å². The number of nitrogens with one attached hydrogen (secondary N) is 1. The quantitative estimate of drug-likeness (QED) is 0.880. The van der Waals surface area contributed by atoms with Crippen molar-refractivity contribution in [3.8, 4) is 0 Å². The van der Waals surface area contributed by atoms with Crippen LogP contribution in [0.2, 0.25) is 0 Å². The van der Waals surface area contributed by atoms with E-state index in [2.05, 4.69) is 17.2 Å². The number of carbonyl (C=O) groups is 1. The van der Waals surface area contributed by atoms with E-state index in [-0.39, 0.29) is 5.91 Å². The van der Waals surface area contributed by atoms with Crippen LogP contribution in [0.15, 0.2) is 24.5 Å². The number of hydrogen-bond donors (Lipinski definition) is 1. The lowest BCUT2D eigenvalue weighted by atomic mass is 10.0. The van der Waals surface area contributed by atoms with Gasteiger partial charge >= 0.3 is 0 Å². The summed E-state index contributed by atoms with van der Waals surface area (Å²) in [5.74, 6) is 0.108. The summed E-state index contributed by atoms with van der Waals surface area (Å²) in [7, 11) is 0. The fourth-order valence-corrected chi connectivity index (χ4v) is 2.31. The van der Waals surface area contributed by atoms with Gasteiger partial charge in [-0.3, -0.25) is 9.78 Å². The Bertz CT molecular complexity index is 372. The fraction of sp³-hybridized carbons (Fsp3) is 0.571. The lowest BCUT2D eigenvalue weighted by molar-refractivity contribution is 0.0705. The standard InChI is InChI=1S/C14H21N3O/c1-2-7-16-13-5-9-17(10-6-13)14(18)12-4-3-8-15-11-12/h3-4,8,11,13,16H,2,5-7,9-10H2,1H3. The summed E-state index contributed by atoms with van der Waals surface area (Å²) in [5, 5.41) is 3.52. The molecule has 1 amide bonds. The molecule has 1 N–H and O–H groups in total. The number of amides is 1. The fourth-order valence-electron chi connectivity index (χ4n) is 2.31. The van der Waals surface area contributed by atoms with Crippen LogP contribution in [0.3, 0.4) is 0 Å². The van der Waals surface area contributed by atoms with Gasteiger partial charge in [0, 0.05) is 31.5 Å². The number of aromatic nitrogens is 1. The van der Waals surface area contributed by atoms with Crippen LogP contribution >= 0.6 is 0 Å². The monoisotopic (exact) mass is 247 g/mol. The minimum absolute atomic E-state index is 0.108. The summed E-state index contributed by atoms with van der Waals surface area (Å²) in [6, 6.07) is 4.21. The summed E-state index contributed by atoms with van der Waals surface area (Å²) in [6.45, 7) is 4.93. The van der Waals surface area contributed by atoms with Crippen molar-refractivity contribution in [2.45, 2.75) is 32.2 Å². The van der Waals surface area contributed by atoms with Gasteiger partial charge in [0.05, 0.1) is 5.56 Å². The summed E-state index contributed by atoms with van der Waals surface area (Å²) in [4.78, 5) is 18.1. The lowest BCUT2D eigenvalue weighted by Crippen LogP contribution is -2.45. The smallest absolute Gasteiger partial charge is 0.255 e. The number of nitrogens with zero attached hydrogens (tertiary/aromatic N) is 2. The van der Waals surface area contributed by atoms with Gasteiger partial charge in [-0.25, -0.2) is 0 Å². The van der Waals surface area contributed by atoms with Crippen molar-refractivity contribution in [2.75, 3.05) is 19.6 Å². The molecule has 2 rings (SSSR count). The van der Waals surface area contributed by atoms with Crippen molar-refractivity contribution in [1.82, 2.24) is 15.2 Å². The molecule has 0 spiro atoms. The zero-order chi connectivity index (χ0) is 12.8. The van der Waals surface area contributed by atoms with Gasteiger partial charge in [0.1, 0.15) is 0 Å². The molecule has 1 fully saturated rings. The van der Waals surface area contributed by atoms with Crippen molar-refractivity contribution < 1.29 is 4.79 Å². The molecule has 0 atom stereocenters. The Morgan fingerprint density at radius 1 is 1.50 bits per heavy atom. The molecule has 1 aromatic heterocycles. The van der Waals surface area contributed by atoms with E-state index in [9.17, 15) is 4.79 Å². The molecule has 4 heteroatoms. The Hall–Kier alpha value is -1.42. The minimum atomic E-state index is 0.108. The highest BCUT2D eigenvalue weighted by Gasteiger charge is 2.22. The average molecular weight is 247 g/mol. The molecule has 0 aromatic carbocycles. The second-order valence-electron chi connectivity index (χ2n) is 4.76. The molecule has 0 saturated carbocycles. The summed E-state index contributed by atoms with van der Waals surface area (Å²) >= 11 is 0. The number of hydrogen-bond acceptors (Lipinski definition) is 3. The molecule has 4 nitrogen and oxygen atoms in total. The zero-order valence-electron chi connectivity index (χ0n) is 10.9. The first-order valence-electron chi connectivity index (χ1n) is 6.74. The van der Waals surface area contributed by atoms with Crippen LogP contribution in [0.25, 0.3) is 0 Å². The van der Waals surface area contributed by atoms with E-state index in [0.717, 1.165) is 38.9 Å². The Balaban J connectivity index is 1.84. The van der Waals surface area contributed by atoms with Crippen molar-refractivity contribution in [3.05, 3.63) is 30.1 Å². The molecule has 0 bridgehead atoms. The highest BCUT2D eigenvalue weighted by Crippen LogP contribution is 2.13. The zero-order valence-corrected chi connectivity index (χ0v) is 10.9. The third-order valence-corrected chi connectivity index (χ3v) is 3.37. The van der Waals surface area contributed by atoms with Crippen LogP contribution in [0, 0.1) is 0 Å². The van der Waals surface area contributed by atoms with E-state index in [1.165, 1.54) is 0 Å². The predicted molar refractivity (Wildman–Crippen MR) is 71.5 cm³/mol. The molecular formula is C14H21N3O. The summed E-state index contributed by atoms with van der Waals surface area (Å²) in [6.07, 6.45) is 6.59. The van der Waals surface area contributed by atoms with E-state index < -0.39 is 0 Å². The number of pyridine rings is 1. The van der Waals surface area contributed by atoms with E-state index in [0.29, 0.717) is 11.6 Å². The maximum Gasteiger partial charge on any atom is 0.255 e. The van der Waals surface area contributed by atoms with Crippen LogP contribution in [-0.4, -0.2) is 41.5 Å². The van der Waals surface area contributed by atoms with Gasteiger partial charge in [0.2, 0.25) is 0 Å². The van der Waals surface area contributed by atoms with Gasteiger partial charge in [0.15, 0.2) is 0 Å². The second kappa shape index (κ2) is 6.50. The molecule has 1 aliphatic heterocycles. The Morgan fingerprint density at radius 2 is 2.28 bits per heavy atom. The normalized spacial score (nSPS) is 16.8. The molecule has 18 heavy (non-hydrogen) atoms. The summed E-state index contributed by atoms with van der Waals surface area (Å²) in [5.41, 5.74) is 0.692. The van der Waals surface area contributed by atoms with Gasteiger partial charge in [-0.05, 0) is 37.9 Å². The van der Waals surface area contributed by atoms with Crippen LogP contribution in [-0.2, 0) is 0 Å². The number of rotatable bonds is 4. The third kappa shape index (κ3) is 3.29. The average Bonchev–Trinajstić information content (AvgIpc) is 2.46. The van der Waals surface area contributed by atoms with Crippen molar-refractivity contribution >= 4 is 5.91 Å². The molecule has 0 radical (unpaired) electrons. The third-order valence-electron chi connectivity index (χ3n) is 3.37. The SMILES string of the molecule is CCCNC1CCN(C(=O)c2cccnc2)CC1. The Kier molecular flexibility index (Phi) is 4.70. The molecule has 98 valence electrons. The molecule has 0 aliphatic carbocycles. The van der Waals surface area contributed by atoms with Crippen molar-refractivity contribution in [1.29, 1.82) is 0 Å². The van der Waals surface area contributed by atoms with Gasteiger partial charge in [0.25, 0.3) is 5.91 Å². The molecule has 1 aromatic rings. The van der Waals surface area contributed by atoms with Gasteiger partial charge in [-0.15, -0.1) is 0 Å². The molecule has 1 saturated heterocycles. The molecule has 1 aliphatic rings. The summed E-state index contributed by atoms with van der Waals surface area (Å²) < 4.78 is 0. The molecule has 0 unspecified atom stereocenters. The predicted octanol–water partition coefficient (Wildman–Crippen LogP) is 1.69. The van der Waals surface area contributed by atoms with E-state index in [1.807, 2.05) is 17.0 Å². The first kappa shape index (κ1) is 13.0.